The first-order valence-electron chi connectivity index (χ1n) is 7.31. The number of nitrogens with one attached hydrogen (secondary N) is 1. The summed E-state index contributed by atoms with van der Waals surface area (Å²) in [6.07, 6.45) is 1.81. The summed E-state index contributed by atoms with van der Waals surface area (Å²) in [6, 6.07) is 17.6. The second kappa shape index (κ2) is 8.25. The van der Waals surface area contributed by atoms with Crippen LogP contribution in [0, 0.1) is 0 Å². The minimum Gasteiger partial charge on any atom is -0.489 e. The molecule has 0 aliphatic rings. The normalized spacial score (nSPS) is 11.0. The molecule has 2 aromatic rings. The van der Waals surface area contributed by atoms with Crippen molar-refractivity contribution in [1.82, 2.24) is 5.32 Å². The zero-order valence-corrected chi connectivity index (χ0v) is 14.0. The third-order valence-electron chi connectivity index (χ3n) is 3.14. The molecule has 0 heterocycles. The van der Waals surface area contributed by atoms with Crippen LogP contribution in [0.2, 0.25) is 0 Å². The molecule has 2 aromatic carbocycles. The van der Waals surface area contributed by atoms with Crippen molar-refractivity contribution >= 4 is 29.2 Å². The minimum absolute atomic E-state index is 0.187. The van der Waals surface area contributed by atoms with E-state index in [1.54, 1.807) is 13.8 Å². The molecule has 0 saturated carbocycles. The first kappa shape index (κ1) is 16.9. The number of rotatable bonds is 5. The monoisotopic (exact) mass is 325 g/mol. The van der Waals surface area contributed by atoms with E-state index in [4.69, 9.17) is 17.0 Å². The Morgan fingerprint density at radius 3 is 2.57 bits per heavy atom. The molecule has 0 bridgehead atoms. The Morgan fingerprint density at radius 1 is 1.13 bits per heavy atom. The average molecular weight is 325 g/mol. The van der Waals surface area contributed by atoms with Crippen molar-refractivity contribution in [3.05, 3.63) is 71.3 Å². The van der Waals surface area contributed by atoms with Crippen molar-refractivity contribution in [3.63, 3.8) is 0 Å². The molecule has 0 aliphatic heterocycles. The van der Waals surface area contributed by atoms with E-state index in [0.717, 1.165) is 16.9 Å². The number of carbonyl (C=O) groups excluding carboxylic acids is 1. The van der Waals surface area contributed by atoms with Gasteiger partial charge >= 0.3 is 0 Å². The number of hydrogen-bond donors (Lipinski definition) is 1. The van der Waals surface area contributed by atoms with Gasteiger partial charge in [0.25, 0.3) is 5.91 Å². The van der Waals surface area contributed by atoms with Crippen LogP contribution in [0.4, 0.5) is 0 Å². The predicted molar refractivity (Wildman–Crippen MR) is 97.3 cm³/mol. The zero-order valence-electron chi connectivity index (χ0n) is 13.2. The summed E-state index contributed by atoms with van der Waals surface area (Å²) in [5.41, 5.74) is 2.61. The molecule has 0 aliphatic carbocycles. The van der Waals surface area contributed by atoms with Gasteiger partial charge in [0, 0.05) is 5.57 Å². The van der Waals surface area contributed by atoms with Gasteiger partial charge < -0.3 is 10.1 Å². The fourth-order valence-corrected chi connectivity index (χ4v) is 2.10. The number of benzene rings is 2. The van der Waals surface area contributed by atoms with E-state index in [9.17, 15) is 4.79 Å². The Kier molecular flexibility index (Phi) is 6.06. The topological polar surface area (TPSA) is 38.3 Å². The highest BCUT2D eigenvalue weighted by Gasteiger charge is 2.04. The molecule has 3 nitrogen and oxygen atoms in total. The molecule has 118 valence electrons. The maximum Gasteiger partial charge on any atom is 0.251 e. The van der Waals surface area contributed by atoms with Crippen molar-refractivity contribution in [1.29, 1.82) is 0 Å². The van der Waals surface area contributed by atoms with Gasteiger partial charge in [0.1, 0.15) is 12.4 Å². The van der Waals surface area contributed by atoms with Crippen LogP contribution in [0.15, 0.2) is 60.2 Å². The van der Waals surface area contributed by atoms with Crippen LogP contribution in [0.3, 0.4) is 0 Å². The number of amides is 1. The molecule has 0 unspecified atom stereocenters. The second-order valence-corrected chi connectivity index (χ2v) is 5.80. The van der Waals surface area contributed by atoms with Gasteiger partial charge in [-0.2, -0.15) is 0 Å². The maximum atomic E-state index is 11.9. The lowest BCUT2D eigenvalue weighted by molar-refractivity contribution is -0.116. The Bertz CT molecular complexity index is 723. The van der Waals surface area contributed by atoms with E-state index in [-0.39, 0.29) is 5.91 Å². The second-order valence-electron chi connectivity index (χ2n) is 5.18. The maximum absolute atomic E-state index is 11.9. The average Bonchev–Trinajstić information content (AvgIpc) is 2.53. The molecule has 0 spiro atoms. The summed E-state index contributed by atoms with van der Waals surface area (Å²) < 4.78 is 5.79. The van der Waals surface area contributed by atoms with Crippen LogP contribution in [0.25, 0.3) is 6.08 Å². The summed E-state index contributed by atoms with van der Waals surface area (Å²) in [6.45, 7) is 3.95. The van der Waals surface area contributed by atoms with E-state index >= 15 is 0 Å². The van der Waals surface area contributed by atoms with E-state index in [1.807, 2.05) is 60.7 Å². The van der Waals surface area contributed by atoms with Gasteiger partial charge in [0.15, 0.2) is 0 Å². The first-order valence-corrected chi connectivity index (χ1v) is 7.72. The third-order valence-corrected chi connectivity index (χ3v) is 3.24. The van der Waals surface area contributed by atoms with Crippen LogP contribution in [-0.4, -0.2) is 10.9 Å². The van der Waals surface area contributed by atoms with Crippen molar-refractivity contribution < 1.29 is 9.53 Å². The Labute approximate surface area is 142 Å². The summed E-state index contributed by atoms with van der Waals surface area (Å²) >= 11 is 4.88. The van der Waals surface area contributed by atoms with Crippen molar-refractivity contribution in [3.8, 4) is 5.75 Å². The molecule has 23 heavy (non-hydrogen) atoms. The number of thiocarbonyl (C=S) groups is 1. The summed E-state index contributed by atoms with van der Waals surface area (Å²) in [5.74, 6) is 0.579. The van der Waals surface area contributed by atoms with Crippen LogP contribution in [-0.2, 0) is 11.4 Å². The summed E-state index contributed by atoms with van der Waals surface area (Å²) in [5, 5.41) is 2.62. The van der Waals surface area contributed by atoms with Gasteiger partial charge in [0.05, 0.1) is 4.99 Å². The molecular weight excluding hydrogens is 306 g/mol. The lowest BCUT2D eigenvalue weighted by Crippen LogP contribution is -2.27. The standard InChI is InChI=1S/C19H19NO2S/c1-14(19(21)20-15(2)23)11-17-9-6-10-18(12-17)22-13-16-7-4-3-5-8-16/h3-12H,13H2,1-2H3,(H,20,21,23)/b14-11+. The summed E-state index contributed by atoms with van der Waals surface area (Å²) in [4.78, 5) is 12.3. The number of hydrogen-bond acceptors (Lipinski definition) is 3. The molecule has 4 heteroatoms. The van der Waals surface area contributed by atoms with Gasteiger partial charge in [-0.3, -0.25) is 4.79 Å². The molecule has 0 aromatic heterocycles. The predicted octanol–water partition coefficient (Wildman–Crippen LogP) is 4.13. The van der Waals surface area contributed by atoms with Gasteiger partial charge in [0.2, 0.25) is 0 Å². The highest BCUT2D eigenvalue weighted by Crippen LogP contribution is 2.17. The fraction of sp³-hybridized carbons (Fsp3) is 0.158. The van der Waals surface area contributed by atoms with E-state index in [1.165, 1.54) is 0 Å². The van der Waals surface area contributed by atoms with Crippen molar-refractivity contribution in [2.45, 2.75) is 20.5 Å². The smallest absolute Gasteiger partial charge is 0.251 e. The van der Waals surface area contributed by atoms with Crippen LogP contribution in [0.5, 0.6) is 5.75 Å². The number of carbonyl (C=O) groups is 1. The highest BCUT2D eigenvalue weighted by molar-refractivity contribution is 7.80. The lowest BCUT2D eigenvalue weighted by Gasteiger charge is -2.07. The van der Waals surface area contributed by atoms with E-state index in [2.05, 4.69) is 5.32 Å². The summed E-state index contributed by atoms with van der Waals surface area (Å²) in [7, 11) is 0. The molecule has 2 rings (SSSR count). The van der Waals surface area contributed by atoms with Crippen LogP contribution >= 0.6 is 12.2 Å². The lowest BCUT2D eigenvalue weighted by atomic mass is 10.1. The Morgan fingerprint density at radius 2 is 1.87 bits per heavy atom. The van der Waals surface area contributed by atoms with Crippen LogP contribution < -0.4 is 10.1 Å². The quantitative estimate of drug-likeness (QED) is 0.663. The van der Waals surface area contributed by atoms with Gasteiger partial charge in [-0.15, -0.1) is 0 Å². The molecule has 0 fully saturated rings. The van der Waals surface area contributed by atoms with Crippen molar-refractivity contribution in [2.75, 3.05) is 0 Å². The molecule has 1 N–H and O–H groups in total. The van der Waals surface area contributed by atoms with Gasteiger partial charge in [-0.05, 0) is 43.2 Å². The highest BCUT2D eigenvalue weighted by atomic mass is 32.1. The van der Waals surface area contributed by atoms with Crippen molar-refractivity contribution in [2.24, 2.45) is 0 Å². The largest absolute Gasteiger partial charge is 0.489 e. The molecule has 0 radical (unpaired) electrons. The number of ether oxygens (including phenoxy) is 1. The molecule has 0 saturated heterocycles. The van der Waals surface area contributed by atoms with E-state index in [0.29, 0.717) is 17.2 Å². The molecular formula is C19H19NO2S. The molecule has 0 atom stereocenters. The zero-order chi connectivity index (χ0) is 16.7. The third kappa shape index (κ3) is 5.68. The van der Waals surface area contributed by atoms with Crippen LogP contribution in [0.1, 0.15) is 25.0 Å². The van der Waals surface area contributed by atoms with Gasteiger partial charge in [-0.1, -0.05) is 54.7 Å². The SMILES string of the molecule is CC(=S)NC(=O)/C(C)=C/c1cccc(OCc2ccccc2)c1. The Balaban J connectivity index is 2.04. The van der Waals surface area contributed by atoms with Gasteiger partial charge in [-0.25, -0.2) is 0 Å². The molecule has 1 amide bonds. The first-order chi connectivity index (χ1) is 11.0. The Hall–Kier alpha value is -2.46. The van der Waals surface area contributed by atoms with E-state index < -0.39 is 0 Å². The minimum atomic E-state index is -0.187. The fourth-order valence-electron chi connectivity index (χ4n) is 2.01.